The Morgan fingerprint density at radius 3 is 2.62 bits per heavy atom. The molecule has 88 valence electrons. The van der Waals surface area contributed by atoms with Crippen LogP contribution < -0.4 is 4.72 Å². The Labute approximate surface area is 97.4 Å². The van der Waals surface area contributed by atoms with Crippen molar-refractivity contribution in [2.24, 2.45) is 0 Å². The van der Waals surface area contributed by atoms with Crippen LogP contribution in [-0.4, -0.2) is 18.6 Å². The number of hydrogen-bond donors (Lipinski definition) is 1. The van der Waals surface area contributed by atoms with Gasteiger partial charge >= 0.3 is 0 Å². The highest BCUT2D eigenvalue weighted by Crippen LogP contribution is 2.22. The summed E-state index contributed by atoms with van der Waals surface area (Å²) in [5.74, 6) is 0. The van der Waals surface area contributed by atoms with Crippen molar-refractivity contribution in [1.82, 2.24) is 0 Å². The lowest BCUT2D eigenvalue weighted by atomic mass is 10.2. The van der Waals surface area contributed by atoms with Gasteiger partial charge in [-0.15, -0.1) is 11.6 Å². The number of nitro groups is 1. The largest absolute Gasteiger partial charge is 0.282 e. The molecule has 0 saturated carbocycles. The molecule has 0 aliphatic rings. The summed E-state index contributed by atoms with van der Waals surface area (Å²) in [6.45, 7) is 1.57. The molecular formula is C8H9ClN2O4S. The molecule has 0 aliphatic carbocycles. The zero-order valence-electron chi connectivity index (χ0n) is 8.31. The SMILES string of the molecule is Cc1ccc(NS(=O)(=O)CCl)cc1[N+](=O)[O-]. The second-order valence-electron chi connectivity index (χ2n) is 3.08. The average Bonchev–Trinajstić information content (AvgIpc) is 2.20. The summed E-state index contributed by atoms with van der Waals surface area (Å²) in [6.07, 6.45) is 0. The molecule has 0 saturated heterocycles. The summed E-state index contributed by atoms with van der Waals surface area (Å²) in [7, 11) is -3.64. The van der Waals surface area contributed by atoms with Gasteiger partial charge in [-0.2, -0.15) is 0 Å². The minimum Gasteiger partial charge on any atom is -0.282 e. The van der Waals surface area contributed by atoms with Gasteiger partial charge in [-0.05, 0) is 13.0 Å². The van der Waals surface area contributed by atoms with Crippen LogP contribution in [0.25, 0.3) is 0 Å². The standard InChI is InChI=1S/C8H9ClN2O4S/c1-6-2-3-7(4-8(6)11(12)13)10-16(14,15)5-9/h2-4,10H,5H2,1H3. The first-order valence-electron chi connectivity index (χ1n) is 4.17. The number of benzene rings is 1. The highest BCUT2D eigenvalue weighted by atomic mass is 35.5. The van der Waals surface area contributed by atoms with Gasteiger partial charge in [0.25, 0.3) is 5.69 Å². The van der Waals surface area contributed by atoms with E-state index in [-0.39, 0.29) is 11.4 Å². The van der Waals surface area contributed by atoms with Crippen LogP contribution in [0.2, 0.25) is 0 Å². The Morgan fingerprint density at radius 2 is 2.12 bits per heavy atom. The highest BCUT2D eigenvalue weighted by molar-refractivity contribution is 7.93. The van der Waals surface area contributed by atoms with Crippen molar-refractivity contribution < 1.29 is 13.3 Å². The van der Waals surface area contributed by atoms with E-state index in [0.29, 0.717) is 5.56 Å². The third-order valence-electron chi connectivity index (χ3n) is 1.82. The van der Waals surface area contributed by atoms with Gasteiger partial charge in [0, 0.05) is 11.6 Å². The molecule has 0 unspecified atom stereocenters. The Hall–Kier alpha value is -1.34. The Bertz CT molecular complexity index is 515. The molecule has 0 aliphatic heterocycles. The number of rotatable bonds is 4. The Balaban J connectivity index is 3.09. The number of halogens is 1. The summed E-state index contributed by atoms with van der Waals surface area (Å²) in [5, 5.41) is 10.0. The van der Waals surface area contributed by atoms with E-state index in [0.717, 1.165) is 6.07 Å². The summed E-state index contributed by atoms with van der Waals surface area (Å²) in [4.78, 5) is 10.0. The fourth-order valence-corrected chi connectivity index (χ4v) is 1.78. The van der Waals surface area contributed by atoms with Gasteiger partial charge in [-0.1, -0.05) is 6.07 Å². The van der Waals surface area contributed by atoms with Crippen LogP contribution >= 0.6 is 11.6 Å². The van der Waals surface area contributed by atoms with E-state index in [2.05, 4.69) is 4.72 Å². The molecule has 0 fully saturated rings. The van der Waals surface area contributed by atoms with E-state index >= 15 is 0 Å². The number of anilines is 1. The molecular weight excluding hydrogens is 256 g/mol. The molecule has 8 heteroatoms. The maximum Gasteiger partial charge on any atom is 0.274 e. The van der Waals surface area contributed by atoms with Gasteiger partial charge in [0.2, 0.25) is 10.0 Å². The first kappa shape index (κ1) is 12.7. The molecule has 0 bridgehead atoms. The van der Waals surface area contributed by atoms with Gasteiger partial charge in [0.15, 0.2) is 0 Å². The second-order valence-corrected chi connectivity index (χ2v) is 5.39. The maximum atomic E-state index is 11.1. The molecule has 0 amide bonds. The predicted molar refractivity (Wildman–Crippen MR) is 61.1 cm³/mol. The van der Waals surface area contributed by atoms with Gasteiger partial charge < -0.3 is 0 Å². The van der Waals surface area contributed by atoms with Crippen molar-refractivity contribution in [3.05, 3.63) is 33.9 Å². The third-order valence-corrected chi connectivity index (χ3v) is 3.52. The van der Waals surface area contributed by atoms with Crippen molar-refractivity contribution in [2.45, 2.75) is 6.92 Å². The minimum absolute atomic E-state index is 0.123. The molecule has 0 aromatic heterocycles. The number of nitro benzene ring substituents is 1. The number of sulfonamides is 1. The van der Waals surface area contributed by atoms with Crippen LogP contribution in [-0.2, 0) is 10.0 Å². The second kappa shape index (κ2) is 4.67. The van der Waals surface area contributed by atoms with E-state index < -0.39 is 20.2 Å². The average molecular weight is 265 g/mol. The number of nitrogens with zero attached hydrogens (tertiary/aromatic N) is 1. The van der Waals surface area contributed by atoms with Crippen molar-refractivity contribution in [1.29, 1.82) is 0 Å². The van der Waals surface area contributed by atoms with Crippen molar-refractivity contribution in [3.63, 3.8) is 0 Å². The molecule has 0 heterocycles. The van der Waals surface area contributed by atoms with Crippen LogP contribution in [0.4, 0.5) is 11.4 Å². The Kier molecular flexibility index (Phi) is 3.71. The zero-order valence-corrected chi connectivity index (χ0v) is 9.88. The monoisotopic (exact) mass is 264 g/mol. The van der Waals surface area contributed by atoms with Crippen molar-refractivity contribution in [3.8, 4) is 0 Å². The maximum absolute atomic E-state index is 11.1. The summed E-state index contributed by atoms with van der Waals surface area (Å²) >= 11 is 5.19. The van der Waals surface area contributed by atoms with Gasteiger partial charge in [0.05, 0.1) is 10.6 Å². The lowest BCUT2D eigenvalue weighted by Gasteiger charge is -2.05. The van der Waals surface area contributed by atoms with E-state index in [4.69, 9.17) is 11.6 Å². The van der Waals surface area contributed by atoms with Crippen molar-refractivity contribution >= 4 is 33.0 Å². The molecule has 1 rings (SSSR count). The molecule has 16 heavy (non-hydrogen) atoms. The van der Waals surface area contributed by atoms with E-state index in [9.17, 15) is 18.5 Å². The zero-order chi connectivity index (χ0) is 12.3. The Morgan fingerprint density at radius 1 is 1.50 bits per heavy atom. The normalized spacial score (nSPS) is 11.1. The van der Waals surface area contributed by atoms with Crippen LogP contribution in [0.5, 0.6) is 0 Å². The highest BCUT2D eigenvalue weighted by Gasteiger charge is 2.14. The molecule has 1 aromatic carbocycles. The van der Waals surface area contributed by atoms with Gasteiger partial charge in [-0.3, -0.25) is 14.8 Å². The number of alkyl halides is 1. The van der Waals surface area contributed by atoms with Crippen LogP contribution in [0.15, 0.2) is 18.2 Å². The lowest BCUT2D eigenvalue weighted by molar-refractivity contribution is -0.385. The van der Waals surface area contributed by atoms with E-state index in [1.807, 2.05) is 0 Å². The molecule has 0 radical (unpaired) electrons. The third kappa shape index (κ3) is 3.07. The van der Waals surface area contributed by atoms with Crippen LogP contribution in [0.3, 0.4) is 0 Å². The van der Waals surface area contributed by atoms with E-state index in [1.54, 1.807) is 6.92 Å². The van der Waals surface area contributed by atoms with E-state index in [1.165, 1.54) is 12.1 Å². The first-order chi connectivity index (χ1) is 7.35. The summed E-state index contributed by atoms with van der Waals surface area (Å²) in [6, 6.07) is 4.05. The molecule has 0 spiro atoms. The smallest absolute Gasteiger partial charge is 0.274 e. The molecule has 0 atom stereocenters. The van der Waals surface area contributed by atoms with Crippen LogP contribution in [0, 0.1) is 17.0 Å². The lowest BCUT2D eigenvalue weighted by Crippen LogP contribution is -2.13. The number of hydrogen-bond acceptors (Lipinski definition) is 4. The van der Waals surface area contributed by atoms with Crippen LogP contribution in [0.1, 0.15) is 5.56 Å². The first-order valence-corrected chi connectivity index (χ1v) is 6.36. The fraction of sp³-hybridized carbons (Fsp3) is 0.250. The summed E-state index contributed by atoms with van der Waals surface area (Å²) in [5.41, 5.74) is 0.437. The molecule has 1 aromatic rings. The van der Waals surface area contributed by atoms with Gasteiger partial charge in [-0.25, -0.2) is 8.42 Å². The van der Waals surface area contributed by atoms with Gasteiger partial charge in [0.1, 0.15) is 5.21 Å². The molecule has 1 N–H and O–H groups in total. The molecule has 6 nitrogen and oxygen atoms in total. The minimum atomic E-state index is -3.64. The van der Waals surface area contributed by atoms with Crippen molar-refractivity contribution in [2.75, 3.05) is 9.93 Å². The number of aryl methyl sites for hydroxylation is 1. The summed E-state index contributed by atoms with van der Waals surface area (Å²) < 4.78 is 24.4. The predicted octanol–water partition coefficient (Wildman–Crippen LogP) is 1.84. The quantitative estimate of drug-likeness (QED) is 0.510. The topological polar surface area (TPSA) is 89.3 Å². The fourth-order valence-electron chi connectivity index (χ4n) is 1.08. The number of nitrogens with one attached hydrogen (secondary N) is 1.